The van der Waals surface area contributed by atoms with E-state index >= 15 is 0 Å². The molecule has 0 N–H and O–H groups in total. The van der Waals surface area contributed by atoms with Crippen molar-refractivity contribution in [1.29, 1.82) is 0 Å². The van der Waals surface area contributed by atoms with E-state index < -0.39 is 21.9 Å². The molecule has 0 aliphatic carbocycles. The van der Waals surface area contributed by atoms with E-state index in [9.17, 15) is 9.59 Å². The molecule has 0 unspecified atom stereocenters. The number of carbonyl (C=O) groups is 2. The van der Waals surface area contributed by atoms with Gasteiger partial charge in [0.15, 0.2) is 0 Å². The Bertz CT molecular complexity index is 1040. The minimum atomic E-state index is -0.649. The highest BCUT2D eigenvalue weighted by Gasteiger charge is 2.28. The smallest absolute Gasteiger partial charge is 0.267 e. The summed E-state index contributed by atoms with van der Waals surface area (Å²) in [7, 11) is 0. The fourth-order valence-corrected chi connectivity index (χ4v) is 3.63. The molecule has 2 amide bonds. The summed E-state index contributed by atoms with van der Waals surface area (Å²) < 4.78 is 21.5. The van der Waals surface area contributed by atoms with Gasteiger partial charge in [0.1, 0.15) is 33.1 Å². The van der Waals surface area contributed by atoms with Crippen LogP contribution in [0, 0.1) is 0 Å². The van der Waals surface area contributed by atoms with Crippen LogP contribution in [0.25, 0.3) is 0 Å². The van der Waals surface area contributed by atoms with Crippen molar-refractivity contribution in [2.75, 3.05) is 0 Å². The van der Waals surface area contributed by atoms with Gasteiger partial charge in [-0.15, -0.1) is 0 Å². The van der Waals surface area contributed by atoms with Gasteiger partial charge < -0.3 is 27.5 Å². The van der Waals surface area contributed by atoms with E-state index in [0.717, 1.165) is 0 Å². The first-order chi connectivity index (χ1) is 16.5. The lowest BCUT2D eigenvalue weighted by Crippen LogP contribution is -2.33. The summed E-state index contributed by atoms with van der Waals surface area (Å²) in [5.41, 5.74) is 0. The summed E-state index contributed by atoms with van der Waals surface area (Å²) in [6, 6.07) is 13.7. The van der Waals surface area contributed by atoms with Gasteiger partial charge in [0.2, 0.25) is 0 Å². The Balaban J connectivity index is 1.57. The van der Waals surface area contributed by atoms with Crippen LogP contribution in [0.5, 0.6) is 0 Å². The molecular formula is C24H20Cl2N2O6. The fourth-order valence-electron chi connectivity index (χ4n) is 3.23. The van der Waals surface area contributed by atoms with E-state index in [2.05, 4.69) is 0 Å². The van der Waals surface area contributed by atoms with E-state index in [1.165, 1.54) is 34.9 Å². The molecule has 0 saturated heterocycles. The summed E-state index contributed by atoms with van der Waals surface area (Å²) in [5.74, 6) is 0.828. The van der Waals surface area contributed by atoms with E-state index in [0.29, 0.717) is 23.0 Å². The second-order valence-electron chi connectivity index (χ2n) is 7.27. The molecule has 176 valence electrons. The highest BCUT2D eigenvalue weighted by Crippen LogP contribution is 2.24. The number of furan rings is 4. The Hall–Kier alpha value is -3.62. The van der Waals surface area contributed by atoms with Crippen molar-refractivity contribution in [1.82, 2.24) is 9.80 Å². The SMILES string of the molecule is O=C(C(Cl)=C(Cl)C(=O)N(Cc1ccco1)Cc1ccco1)N(Cc1ccco1)Cc1ccco1. The molecule has 0 saturated carbocycles. The van der Waals surface area contributed by atoms with E-state index in [1.807, 2.05) is 0 Å². The first kappa shape index (κ1) is 23.5. The molecule has 0 atom stereocenters. The van der Waals surface area contributed by atoms with Crippen molar-refractivity contribution >= 4 is 35.0 Å². The van der Waals surface area contributed by atoms with Crippen LogP contribution in [0.3, 0.4) is 0 Å². The molecule has 34 heavy (non-hydrogen) atoms. The van der Waals surface area contributed by atoms with Gasteiger partial charge in [0.25, 0.3) is 11.8 Å². The highest BCUT2D eigenvalue weighted by atomic mass is 35.5. The van der Waals surface area contributed by atoms with Crippen LogP contribution >= 0.6 is 23.2 Å². The maximum atomic E-state index is 13.3. The van der Waals surface area contributed by atoms with E-state index in [1.54, 1.807) is 48.5 Å². The quantitative estimate of drug-likeness (QED) is 0.265. The molecule has 0 bridgehead atoms. The van der Waals surface area contributed by atoms with Crippen molar-refractivity contribution in [3.8, 4) is 0 Å². The average Bonchev–Trinajstić information content (AvgIpc) is 3.65. The number of hydrogen-bond donors (Lipinski definition) is 0. The molecule has 10 heteroatoms. The Morgan fingerprint density at radius 3 is 1.03 bits per heavy atom. The molecule has 8 nitrogen and oxygen atoms in total. The van der Waals surface area contributed by atoms with Crippen LogP contribution < -0.4 is 0 Å². The van der Waals surface area contributed by atoms with Crippen LogP contribution in [0.1, 0.15) is 23.0 Å². The third kappa shape index (κ3) is 5.84. The molecule has 4 aromatic heterocycles. The lowest BCUT2D eigenvalue weighted by molar-refractivity contribution is -0.130. The first-order valence-electron chi connectivity index (χ1n) is 10.2. The third-order valence-corrected chi connectivity index (χ3v) is 5.65. The van der Waals surface area contributed by atoms with E-state index in [-0.39, 0.29) is 26.2 Å². The van der Waals surface area contributed by atoms with Crippen molar-refractivity contribution < 1.29 is 27.3 Å². The Morgan fingerprint density at radius 2 is 0.824 bits per heavy atom. The van der Waals surface area contributed by atoms with Gasteiger partial charge in [0.05, 0.1) is 51.2 Å². The molecule has 0 radical (unpaired) electrons. The Kier molecular flexibility index (Phi) is 7.61. The van der Waals surface area contributed by atoms with Gasteiger partial charge in [-0.25, -0.2) is 0 Å². The topological polar surface area (TPSA) is 93.2 Å². The second kappa shape index (κ2) is 11.0. The maximum absolute atomic E-state index is 13.3. The number of halogens is 2. The summed E-state index contributed by atoms with van der Waals surface area (Å²) in [4.78, 5) is 29.3. The van der Waals surface area contributed by atoms with Gasteiger partial charge in [-0.3, -0.25) is 9.59 Å². The zero-order valence-electron chi connectivity index (χ0n) is 17.9. The first-order valence-corrected chi connectivity index (χ1v) is 11.0. The predicted octanol–water partition coefficient (Wildman–Crippen LogP) is 5.51. The van der Waals surface area contributed by atoms with Gasteiger partial charge in [0, 0.05) is 0 Å². The number of carbonyl (C=O) groups excluding carboxylic acids is 2. The number of nitrogens with zero attached hydrogens (tertiary/aromatic N) is 2. The molecule has 4 heterocycles. The predicted molar refractivity (Wildman–Crippen MR) is 122 cm³/mol. The fraction of sp³-hybridized carbons (Fsp3) is 0.167. The molecule has 0 aliphatic rings. The largest absolute Gasteiger partial charge is 0.467 e. The second-order valence-corrected chi connectivity index (χ2v) is 8.02. The van der Waals surface area contributed by atoms with Gasteiger partial charge in [-0.05, 0) is 48.5 Å². The number of hydrogen-bond acceptors (Lipinski definition) is 6. The maximum Gasteiger partial charge on any atom is 0.267 e. The molecule has 0 spiro atoms. The summed E-state index contributed by atoms with van der Waals surface area (Å²) in [5, 5.41) is -0.845. The highest BCUT2D eigenvalue weighted by molar-refractivity contribution is 6.53. The monoisotopic (exact) mass is 502 g/mol. The van der Waals surface area contributed by atoms with Gasteiger partial charge in [-0.1, -0.05) is 23.2 Å². The summed E-state index contributed by atoms with van der Waals surface area (Å²) >= 11 is 12.7. The van der Waals surface area contributed by atoms with Crippen molar-refractivity contribution in [3.05, 3.63) is 107 Å². The van der Waals surface area contributed by atoms with Crippen LogP contribution in [-0.2, 0) is 35.8 Å². The van der Waals surface area contributed by atoms with Crippen LogP contribution in [-0.4, -0.2) is 21.6 Å². The van der Waals surface area contributed by atoms with Crippen molar-refractivity contribution in [3.63, 3.8) is 0 Å². The van der Waals surface area contributed by atoms with Gasteiger partial charge in [-0.2, -0.15) is 0 Å². The zero-order valence-corrected chi connectivity index (χ0v) is 19.4. The normalized spacial score (nSPS) is 11.8. The van der Waals surface area contributed by atoms with Crippen molar-refractivity contribution in [2.24, 2.45) is 0 Å². The van der Waals surface area contributed by atoms with Crippen LogP contribution in [0.4, 0.5) is 0 Å². The minimum absolute atomic E-state index is 0.101. The molecule has 0 fully saturated rings. The molecule has 0 aliphatic heterocycles. The average molecular weight is 503 g/mol. The zero-order chi connectivity index (χ0) is 23.9. The van der Waals surface area contributed by atoms with Crippen molar-refractivity contribution in [2.45, 2.75) is 26.2 Å². The summed E-state index contributed by atoms with van der Waals surface area (Å²) in [6.07, 6.45) is 6.00. The summed E-state index contributed by atoms with van der Waals surface area (Å²) in [6.45, 7) is 0.403. The van der Waals surface area contributed by atoms with Gasteiger partial charge >= 0.3 is 0 Å². The Morgan fingerprint density at radius 1 is 0.559 bits per heavy atom. The Labute approximate surface area is 204 Å². The van der Waals surface area contributed by atoms with E-state index in [4.69, 9.17) is 40.9 Å². The van der Waals surface area contributed by atoms with Crippen LogP contribution in [0.2, 0.25) is 0 Å². The molecule has 4 aromatic rings. The minimum Gasteiger partial charge on any atom is -0.467 e. The lowest BCUT2D eigenvalue weighted by Gasteiger charge is -2.23. The molecule has 0 aromatic carbocycles. The molecular weight excluding hydrogens is 483 g/mol. The lowest BCUT2D eigenvalue weighted by atomic mass is 10.3. The van der Waals surface area contributed by atoms with Crippen LogP contribution in [0.15, 0.2) is 101 Å². The number of amides is 2. The molecule has 4 rings (SSSR count). The third-order valence-electron chi connectivity index (χ3n) is 4.85. The standard InChI is InChI=1S/C24H20Cl2N2O6/c25-21(23(29)27(13-17-5-1-9-31-17)14-18-6-2-10-32-18)22(26)24(30)28(15-19-7-3-11-33-19)16-20-8-4-12-34-20/h1-12H,13-16H2. The number of rotatable bonds is 10.